The zero-order chi connectivity index (χ0) is 11.0. The second-order valence-electron chi connectivity index (χ2n) is 5.35. The van der Waals surface area contributed by atoms with E-state index in [-0.39, 0.29) is 0 Å². The van der Waals surface area contributed by atoms with Crippen molar-refractivity contribution in [2.24, 2.45) is 17.6 Å². The molecule has 16 heavy (non-hydrogen) atoms. The molecule has 2 fully saturated rings. The van der Waals surface area contributed by atoms with Crippen LogP contribution in [0, 0.1) is 11.8 Å². The molecule has 1 aromatic carbocycles. The van der Waals surface area contributed by atoms with Crippen LogP contribution in [0.15, 0.2) is 30.3 Å². The third-order valence-corrected chi connectivity index (χ3v) is 4.23. The molecule has 1 aromatic rings. The van der Waals surface area contributed by atoms with E-state index in [0.29, 0.717) is 6.04 Å². The number of benzene rings is 1. The molecule has 3 rings (SSSR count). The van der Waals surface area contributed by atoms with Crippen LogP contribution < -0.4 is 5.73 Å². The van der Waals surface area contributed by atoms with Crippen molar-refractivity contribution in [3.63, 3.8) is 0 Å². The number of rotatable bonds is 2. The Bertz CT molecular complexity index is 335. The van der Waals surface area contributed by atoms with E-state index in [2.05, 4.69) is 35.2 Å². The van der Waals surface area contributed by atoms with Crippen molar-refractivity contribution in [1.82, 2.24) is 4.90 Å². The van der Waals surface area contributed by atoms with Crippen molar-refractivity contribution >= 4 is 0 Å². The normalized spacial score (nSPS) is 34.2. The predicted molar refractivity (Wildman–Crippen MR) is 65.9 cm³/mol. The maximum absolute atomic E-state index is 6.21. The highest BCUT2D eigenvalue weighted by molar-refractivity contribution is 5.14. The third kappa shape index (κ3) is 1.87. The molecule has 86 valence electrons. The molecule has 0 aromatic heterocycles. The van der Waals surface area contributed by atoms with Gasteiger partial charge in [-0.3, -0.25) is 4.90 Å². The van der Waals surface area contributed by atoms with Gasteiger partial charge in [-0.15, -0.1) is 0 Å². The number of piperidine rings is 1. The Kier molecular flexibility index (Phi) is 2.70. The zero-order valence-corrected chi connectivity index (χ0v) is 9.68. The monoisotopic (exact) mass is 216 g/mol. The number of hydrogen-bond donors (Lipinski definition) is 1. The molecule has 2 bridgehead atoms. The molecule has 1 saturated heterocycles. The Balaban J connectivity index is 1.66. The lowest BCUT2D eigenvalue weighted by molar-refractivity contribution is 0.140. The number of likely N-dealkylation sites (tertiary alicyclic amines) is 1. The number of nitrogens with two attached hydrogens (primary N) is 1. The molecule has 1 aliphatic carbocycles. The highest BCUT2D eigenvalue weighted by Gasteiger charge is 2.39. The topological polar surface area (TPSA) is 29.3 Å². The van der Waals surface area contributed by atoms with Crippen LogP contribution in [0.3, 0.4) is 0 Å². The van der Waals surface area contributed by atoms with E-state index in [4.69, 9.17) is 5.73 Å². The first-order chi connectivity index (χ1) is 7.83. The summed E-state index contributed by atoms with van der Waals surface area (Å²) < 4.78 is 0. The third-order valence-electron chi connectivity index (χ3n) is 4.23. The zero-order valence-electron chi connectivity index (χ0n) is 9.68. The summed E-state index contributed by atoms with van der Waals surface area (Å²) in [6.07, 6.45) is 2.69. The quantitative estimate of drug-likeness (QED) is 0.817. The largest absolute Gasteiger partial charge is 0.327 e. The molecule has 2 N–H and O–H groups in total. The lowest BCUT2D eigenvalue weighted by atomic mass is 9.93. The molecule has 2 heteroatoms. The molecular formula is C14H20N2. The summed E-state index contributed by atoms with van der Waals surface area (Å²) in [5, 5.41) is 0. The van der Waals surface area contributed by atoms with Crippen LogP contribution in [-0.4, -0.2) is 24.0 Å². The highest BCUT2D eigenvalue weighted by atomic mass is 15.2. The standard InChI is InChI=1S/C14H20N2/c15-14-12-6-7-13(14)10-16(9-12)8-11-4-2-1-3-5-11/h1-5,12-14H,6-10,15H2. The number of hydrogen-bond acceptors (Lipinski definition) is 2. The van der Waals surface area contributed by atoms with Crippen LogP contribution in [0.1, 0.15) is 18.4 Å². The van der Waals surface area contributed by atoms with Gasteiger partial charge in [-0.1, -0.05) is 30.3 Å². The average Bonchev–Trinajstić information content (AvgIpc) is 2.54. The molecule has 0 radical (unpaired) electrons. The van der Waals surface area contributed by atoms with Gasteiger partial charge in [0.2, 0.25) is 0 Å². The van der Waals surface area contributed by atoms with Gasteiger partial charge in [0.05, 0.1) is 0 Å². The summed E-state index contributed by atoms with van der Waals surface area (Å²) in [7, 11) is 0. The van der Waals surface area contributed by atoms with Crippen LogP contribution in [0.5, 0.6) is 0 Å². The van der Waals surface area contributed by atoms with Gasteiger partial charge in [0.1, 0.15) is 0 Å². The van der Waals surface area contributed by atoms with Crippen LogP contribution in [0.2, 0.25) is 0 Å². The SMILES string of the molecule is NC1C2CCC1CN(Cc1ccccc1)C2. The van der Waals surface area contributed by atoms with Crippen LogP contribution >= 0.6 is 0 Å². The van der Waals surface area contributed by atoms with E-state index < -0.39 is 0 Å². The molecule has 1 saturated carbocycles. The fourth-order valence-corrected chi connectivity index (χ4v) is 3.33. The van der Waals surface area contributed by atoms with Gasteiger partial charge in [0.25, 0.3) is 0 Å². The number of fused-ring (bicyclic) bond motifs is 2. The molecule has 1 heterocycles. The van der Waals surface area contributed by atoms with Crippen molar-refractivity contribution in [2.75, 3.05) is 13.1 Å². The molecular weight excluding hydrogens is 196 g/mol. The van der Waals surface area contributed by atoms with Gasteiger partial charge < -0.3 is 5.73 Å². The molecule has 0 amide bonds. The second kappa shape index (κ2) is 4.19. The van der Waals surface area contributed by atoms with Gasteiger partial charge in [-0.05, 0) is 30.2 Å². The van der Waals surface area contributed by atoms with E-state index >= 15 is 0 Å². The van der Waals surface area contributed by atoms with Crippen molar-refractivity contribution in [3.8, 4) is 0 Å². The van der Waals surface area contributed by atoms with Gasteiger partial charge in [0.15, 0.2) is 0 Å². The van der Waals surface area contributed by atoms with Crippen LogP contribution in [-0.2, 0) is 6.54 Å². The maximum atomic E-state index is 6.21. The molecule has 2 nitrogen and oxygen atoms in total. The summed E-state index contributed by atoms with van der Waals surface area (Å²) in [4.78, 5) is 2.58. The van der Waals surface area contributed by atoms with Gasteiger partial charge >= 0.3 is 0 Å². The van der Waals surface area contributed by atoms with Crippen molar-refractivity contribution < 1.29 is 0 Å². The molecule has 2 atom stereocenters. The van der Waals surface area contributed by atoms with E-state index in [1.165, 1.54) is 31.5 Å². The number of nitrogens with zero attached hydrogens (tertiary/aromatic N) is 1. The van der Waals surface area contributed by atoms with Crippen LogP contribution in [0.25, 0.3) is 0 Å². The van der Waals surface area contributed by atoms with E-state index in [9.17, 15) is 0 Å². The lowest BCUT2D eigenvalue weighted by Gasteiger charge is -2.36. The maximum Gasteiger partial charge on any atom is 0.0233 e. The van der Waals surface area contributed by atoms with Gasteiger partial charge in [-0.25, -0.2) is 0 Å². The van der Waals surface area contributed by atoms with E-state index in [0.717, 1.165) is 18.4 Å². The fourth-order valence-electron chi connectivity index (χ4n) is 3.33. The highest BCUT2D eigenvalue weighted by Crippen LogP contribution is 2.35. The van der Waals surface area contributed by atoms with Crippen molar-refractivity contribution in [2.45, 2.75) is 25.4 Å². The lowest BCUT2D eigenvalue weighted by Crippen LogP contribution is -2.48. The summed E-state index contributed by atoms with van der Waals surface area (Å²) >= 11 is 0. The first-order valence-electron chi connectivity index (χ1n) is 6.35. The van der Waals surface area contributed by atoms with E-state index in [1.54, 1.807) is 0 Å². The first-order valence-corrected chi connectivity index (χ1v) is 6.35. The minimum Gasteiger partial charge on any atom is -0.327 e. The second-order valence-corrected chi connectivity index (χ2v) is 5.35. The molecule has 1 aliphatic heterocycles. The minimum atomic E-state index is 0.479. The first kappa shape index (κ1) is 10.3. The Labute approximate surface area is 97.4 Å². The molecule has 2 unspecified atom stereocenters. The summed E-state index contributed by atoms with van der Waals surface area (Å²) in [6, 6.07) is 11.2. The summed E-state index contributed by atoms with van der Waals surface area (Å²) in [5.74, 6) is 1.50. The van der Waals surface area contributed by atoms with Crippen LogP contribution in [0.4, 0.5) is 0 Å². The van der Waals surface area contributed by atoms with Gasteiger partial charge in [-0.2, -0.15) is 0 Å². The Morgan fingerprint density at radius 3 is 2.31 bits per heavy atom. The smallest absolute Gasteiger partial charge is 0.0233 e. The summed E-state index contributed by atoms with van der Waals surface area (Å²) in [5.41, 5.74) is 7.64. The Hall–Kier alpha value is -0.860. The Morgan fingerprint density at radius 2 is 1.69 bits per heavy atom. The predicted octanol–water partition coefficient (Wildman–Crippen LogP) is 1.86. The fraction of sp³-hybridized carbons (Fsp3) is 0.571. The van der Waals surface area contributed by atoms with E-state index in [1.807, 2.05) is 0 Å². The molecule has 2 aliphatic rings. The van der Waals surface area contributed by atoms with Gasteiger partial charge in [0, 0.05) is 25.7 Å². The Morgan fingerprint density at radius 1 is 1.06 bits per heavy atom. The van der Waals surface area contributed by atoms with Crippen molar-refractivity contribution in [3.05, 3.63) is 35.9 Å². The molecule has 0 spiro atoms. The summed E-state index contributed by atoms with van der Waals surface area (Å²) in [6.45, 7) is 3.50. The minimum absolute atomic E-state index is 0.479. The van der Waals surface area contributed by atoms with Crippen molar-refractivity contribution in [1.29, 1.82) is 0 Å². The average molecular weight is 216 g/mol.